The lowest BCUT2D eigenvalue weighted by Gasteiger charge is -2.13. The van der Waals surface area contributed by atoms with Crippen molar-refractivity contribution in [1.82, 2.24) is 14.8 Å². The van der Waals surface area contributed by atoms with Crippen LogP contribution in [0.2, 0.25) is 5.02 Å². The number of carbonyl (C=O) groups excluding carboxylic acids is 1. The van der Waals surface area contributed by atoms with Crippen molar-refractivity contribution >= 4 is 35.0 Å². The second-order valence-corrected chi connectivity index (χ2v) is 8.68. The number of nitrogens with zero attached hydrogens (tertiary/aromatic N) is 3. The van der Waals surface area contributed by atoms with Crippen LogP contribution >= 0.6 is 23.4 Å². The second-order valence-electron chi connectivity index (χ2n) is 7.33. The topological polar surface area (TPSA) is 69.0 Å². The number of methoxy groups -OCH3 is 1. The normalized spacial score (nSPS) is 13.3. The van der Waals surface area contributed by atoms with E-state index in [4.69, 9.17) is 16.3 Å². The van der Waals surface area contributed by atoms with E-state index in [1.54, 1.807) is 13.2 Å². The number of benzene rings is 2. The van der Waals surface area contributed by atoms with Crippen LogP contribution < -0.4 is 10.1 Å². The van der Waals surface area contributed by atoms with Gasteiger partial charge in [-0.25, -0.2) is 0 Å². The summed E-state index contributed by atoms with van der Waals surface area (Å²) in [6, 6.07) is 13.8. The van der Waals surface area contributed by atoms with Gasteiger partial charge < -0.3 is 14.6 Å². The van der Waals surface area contributed by atoms with Gasteiger partial charge in [0.25, 0.3) is 0 Å². The van der Waals surface area contributed by atoms with Gasteiger partial charge in [0.15, 0.2) is 5.16 Å². The van der Waals surface area contributed by atoms with Gasteiger partial charge in [-0.2, -0.15) is 0 Å². The zero-order chi connectivity index (χ0) is 21.1. The molecule has 2 aromatic carbocycles. The van der Waals surface area contributed by atoms with E-state index in [2.05, 4.69) is 32.2 Å². The average Bonchev–Trinajstić information content (AvgIpc) is 3.51. The number of halogens is 1. The lowest BCUT2D eigenvalue weighted by atomic mass is 10.2. The molecule has 0 saturated heterocycles. The lowest BCUT2D eigenvalue weighted by Crippen LogP contribution is -2.16. The van der Waals surface area contributed by atoms with E-state index in [9.17, 15) is 4.79 Å². The first kappa shape index (κ1) is 20.8. The van der Waals surface area contributed by atoms with Gasteiger partial charge >= 0.3 is 0 Å². The number of thioether (sulfide) groups is 1. The molecule has 1 aromatic heterocycles. The first-order chi connectivity index (χ1) is 14.5. The summed E-state index contributed by atoms with van der Waals surface area (Å²) in [4.78, 5) is 12.6. The first-order valence-corrected chi connectivity index (χ1v) is 11.2. The van der Waals surface area contributed by atoms with Crippen molar-refractivity contribution < 1.29 is 9.53 Å². The number of hydrogen-bond donors (Lipinski definition) is 1. The highest BCUT2D eigenvalue weighted by Crippen LogP contribution is 2.40. The number of anilines is 1. The molecular formula is C22H23ClN4O2S. The minimum absolute atomic E-state index is 0.137. The predicted molar refractivity (Wildman–Crippen MR) is 120 cm³/mol. The maximum absolute atomic E-state index is 12.6. The maximum Gasteiger partial charge on any atom is 0.234 e. The molecule has 0 aliphatic heterocycles. The van der Waals surface area contributed by atoms with E-state index < -0.39 is 0 Å². The third-order valence-corrected chi connectivity index (χ3v) is 6.33. The number of rotatable bonds is 8. The van der Waals surface area contributed by atoms with Gasteiger partial charge in [0.2, 0.25) is 5.91 Å². The number of carbonyl (C=O) groups is 1. The number of ether oxygens (including phenoxy) is 1. The van der Waals surface area contributed by atoms with Crippen LogP contribution in [0.25, 0.3) is 0 Å². The summed E-state index contributed by atoms with van der Waals surface area (Å²) in [5, 5.41) is 13.0. The smallest absolute Gasteiger partial charge is 0.234 e. The zero-order valence-corrected chi connectivity index (χ0v) is 18.5. The van der Waals surface area contributed by atoms with Crippen molar-refractivity contribution in [2.24, 2.45) is 0 Å². The van der Waals surface area contributed by atoms with Crippen molar-refractivity contribution in [1.29, 1.82) is 0 Å². The summed E-state index contributed by atoms with van der Waals surface area (Å²) < 4.78 is 7.47. The monoisotopic (exact) mass is 442 g/mol. The molecule has 0 unspecified atom stereocenters. The Morgan fingerprint density at radius 1 is 1.27 bits per heavy atom. The molecular weight excluding hydrogens is 420 g/mol. The van der Waals surface area contributed by atoms with Crippen LogP contribution in [-0.4, -0.2) is 33.5 Å². The van der Waals surface area contributed by atoms with Crippen LogP contribution in [0.5, 0.6) is 5.75 Å². The highest BCUT2D eigenvalue weighted by atomic mass is 35.5. The molecule has 156 valence electrons. The Bertz CT molecular complexity index is 1050. The summed E-state index contributed by atoms with van der Waals surface area (Å²) in [6.07, 6.45) is 2.29. The van der Waals surface area contributed by atoms with Crippen molar-refractivity contribution in [2.75, 3.05) is 18.2 Å². The van der Waals surface area contributed by atoms with Crippen molar-refractivity contribution in [3.05, 3.63) is 64.4 Å². The number of amides is 1. The zero-order valence-electron chi connectivity index (χ0n) is 16.9. The molecule has 6 nitrogen and oxygen atoms in total. The minimum Gasteiger partial charge on any atom is -0.495 e. The SMILES string of the molecule is COc1cc(Cl)c(C)cc1NC(=O)CSc1nnc(C2CC2)n1Cc1ccccc1. The summed E-state index contributed by atoms with van der Waals surface area (Å²) in [6.45, 7) is 2.59. The van der Waals surface area contributed by atoms with Gasteiger partial charge in [0, 0.05) is 17.0 Å². The van der Waals surface area contributed by atoms with Gasteiger partial charge in [0.05, 0.1) is 25.1 Å². The van der Waals surface area contributed by atoms with Crippen LogP contribution in [-0.2, 0) is 11.3 Å². The Hall–Kier alpha value is -2.51. The molecule has 1 amide bonds. The van der Waals surface area contributed by atoms with E-state index >= 15 is 0 Å². The molecule has 1 fully saturated rings. The van der Waals surface area contributed by atoms with Crippen LogP contribution in [0.1, 0.15) is 35.7 Å². The van der Waals surface area contributed by atoms with Crippen molar-refractivity contribution in [2.45, 2.75) is 37.4 Å². The second kappa shape index (κ2) is 9.10. The van der Waals surface area contributed by atoms with E-state index in [0.29, 0.717) is 28.9 Å². The van der Waals surface area contributed by atoms with Crippen LogP contribution in [0.4, 0.5) is 5.69 Å². The Morgan fingerprint density at radius 2 is 2.03 bits per heavy atom. The molecule has 1 aliphatic carbocycles. The summed E-state index contributed by atoms with van der Waals surface area (Å²) in [7, 11) is 1.55. The summed E-state index contributed by atoms with van der Waals surface area (Å²) in [5.74, 6) is 2.11. The van der Waals surface area contributed by atoms with E-state index in [1.165, 1.54) is 17.3 Å². The molecule has 4 rings (SSSR count). The number of aromatic nitrogens is 3. The fourth-order valence-corrected chi connectivity index (χ4v) is 4.11. The van der Waals surface area contributed by atoms with Gasteiger partial charge in [-0.15, -0.1) is 10.2 Å². The highest BCUT2D eigenvalue weighted by Gasteiger charge is 2.30. The van der Waals surface area contributed by atoms with E-state index in [1.807, 2.05) is 31.2 Å². The highest BCUT2D eigenvalue weighted by molar-refractivity contribution is 7.99. The molecule has 0 atom stereocenters. The van der Waals surface area contributed by atoms with E-state index in [0.717, 1.165) is 29.4 Å². The number of nitrogens with one attached hydrogen (secondary N) is 1. The third-order valence-electron chi connectivity index (χ3n) is 4.96. The summed E-state index contributed by atoms with van der Waals surface area (Å²) >= 11 is 7.54. The fourth-order valence-electron chi connectivity index (χ4n) is 3.21. The summed E-state index contributed by atoms with van der Waals surface area (Å²) in [5.41, 5.74) is 2.67. The molecule has 0 radical (unpaired) electrons. The fraction of sp³-hybridized carbons (Fsp3) is 0.318. The lowest BCUT2D eigenvalue weighted by molar-refractivity contribution is -0.113. The van der Waals surface area contributed by atoms with Gasteiger partial charge in [-0.3, -0.25) is 4.79 Å². The molecule has 0 spiro atoms. The van der Waals surface area contributed by atoms with Gasteiger partial charge in [0.1, 0.15) is 11.6 Å². The molecule has 8 heteroatoms. The van der Waals surface area contributed by atoms with Crippen LogP contribution in [0, 0.1) is 6.92 Å². The van der Waals surface area contributed by atoms with Crippen molar-refractivity contribution in [3.8, 4) is 5.75 Å². The predicted octanol–water partition coefficient (Wildman–Crippen LogP) is 4.91. The minimum atomic E-state index is -0.137. The average molecular weight is 443 g/mol. The molecule has 1 saturated carbocycles. The molecule has 0 bridgehead atoms. The standard InChI is InChI=1S/C22H23ClN4O2S/c1-14-10-18(19(29-2)11-17(14)23)24-20(28)13-30-22-26-25-21(16-8-9-16)27(22)12-15-6-4-3-5-7-15/h3-7,10-11,16H,8-9,12-13H2,1-2H3,(H,24,28). The van der Waals surface area contributed by atoms with Crippen molar-refractivity contribution in [3.63, 3.8) is 0 Å². The van der Waals surface area contributed by atoms with Gasteiger partial charge in [-0.05, 0) is 37.0 Å². The Labute approximate surface area is 185 Å². The first-order valence-electron chi connectivity index (χ1n) is 9.79. The van der Waals surface area contributed by atoms with E-state index in [-0.39, 0.29) is 11.7 Å². The van der Waals surface area contributed by atoms with Crippen LogP contribution in [0.15, 0.2) is 47.6 Å². The van der Waals surface area contributed by atoms with Crippen LogP contribution in [0.3, 0.4) is 0 Å². The molecule has 1 heterocycles. The third kappa shape index (κ3) is 4.79. The Morgan fingerprint density at radius 3 is 2.73 bits per heavy atom. The quantitative estimate of drug-likeness (QED) is 0.502. The molecule has 30 heavy (non-hydrogen) atoms. The number of aryl methyl sites for hydroxylation is 1. The largest absolute Gasteiger partial charge is 0.495 e. The molecule has 1 N–H and O–H groups in total. The maximum atomic E-state index is 12.6. The molecule has 1 aliphatic rings. The Balaban J connectivity index is 1.46. The Kier molecular flexibility index (Phi) is 6.29. The van der Waals surface area contributed by atoms with Gasteiger partial charge in [-0.1, -0.05) is 53.7 Å². The number of hydrogen-bond acceptors (Lipinski definition) is 5. The molecule has 3 aromatic rings.